The zero-order valence-corrected chi connectivity index (χ0v) is 11.9. The maximum absolute atomic E-state index is 11.7. The van der Waals surface area contributed by atoms with Gasteiger partial charge >= 0.3 is 0 Å². The second-order valence-corrected chi connectivity index (χ2v) is 5.72. The van der Waals surface area contributed by atoms with Crippen LogP contribution in [0.1, 0.15) is 41.5 Å². The van der Waals surface area contributed by atoms with Gasteiger partial charge in [-0.15, -0.1) is 0 Å². The van der Waals surface area contributed by atoms with E-state index in [1.807, 2.05) is 0 Å². The van der Waals surface area contributed by atoms with Crippen LogP contribution in [0.4, 0.5) is 0 Å². The summed E-state index contributed by atoms with van der Waals surface area (Å²) in [7, 11) is 0. The molecule has 17 heavy (non-hydrogen) atoms. The fourth-order valence-electron chi connectivity index (χ4n) is 2.43. The summed E-state index contributed by atoms with van der Waals surface area (Å²) in [5.74, 6) is 1.38. The van der Waals surface area contributed by atoms with Gasteiger partial charge in [-0.05, 0) is 34.5 Å². The molecule has 1 heterocycles. The van der Waals surface area contributed by atoms with Crippen LogP contribution in [0.15, 0.2) is 22.8 Å². The SMILES string of the molecule is CC(C)C1=CC(=O)NCC(C(C)C)=C1C(C)C. The first-order chi connectivity index (χ1) is 7.84. The number of hydrogen-bond acceptors (Lipinski definition) is 1. The number of amides is 1. The molecule has 1 aliphatic rings. The first-order valence-electron chi connectivity index (χ1n) is 6.57. The highest BCUT2D eigenvalue weighted by Crippen LogP contribution is 2.32. The molecule has 1 aliphatic heterocycles. The van der Waals surface area contributed by atoms with Crippen molar-refractivity contribution in [3.05, 3.63) is 22.8 Å². The summed E-state index contributed by atoms with van der Waals surface area (Å²) in [6, 6.07) is 0. The quantitative estimate of drug-likeness (QED) is 0.799. The molecule has 0 aliphatic carbocycles. The number of rotatable bonds is 3. The fourth-order valence-corrected chi connectivity index (χ4v) is 2.43. The van der Waals surface area contributed by atoms with E-state index in [0.717, 1.165) is 0 Å². The van der Waals surface area contributed by atoms with Crippen LogP contribution < -0.4 is 5.32 Å². The van der Waals surface area contributed by atoms with Gasteiger partial charge in [0.2, 0.25) is 5.91 Å². The Morgan fingerprint density at radius 1 is 1.00 bits per heavy atom. The van der Waals surface area contributed by atoms with Gasteiger partial charge in [0.05, 0.1) is 0 Å². The third-order valence-electron chi connectivity index (χ3n) is 3.29. The van der Waals surface area contributed by atoms with Crippen molar-refractivity contribution >= 4 is 5.91 Å². The molecule has 2 heteroatoms. The molecule has 1 N–H and O–H groups in total. The maximum atomic E-state index is 11.7. The first kappa shape index (κ1) is 14.0. The van der Waals surface area contributed by atoms with Gasteiger partial charge in [0.15, 0.2) is 0 Å². The molecule has 0 unspecified atom stereocenters. The molecule has 0 aromatic rings. The van der Waals surface area contributed by atoms with Crippen molar-refractivity contribution in [2.24, 2.45) is 17.8 Å². The van der Waals surface area contributed by atoms with Crippen LogP contribution in [-0.4, -0.2) is 12.5 Å². The van der Waals surface area contributed by atoms with Crippen LogP contribution in [0.2, 0.25) is 0 Å². The smallest absolute Gasteiger partial charge is 0.244 e. The third-order valence-corrected chi connectivity index (χ3v) is 3.29. The van der Waals surface area contributed by atoms with Crippen molar-refractivity contribution in [1.82, 2.24) is 5.32 Å². The van der Waals surface area contributed by atoms with Crippen LogP contribution in [0.25, 0.3) is 0 Å². The first-order valence-corrected chi connectivity index (χ1v) is 6.57. The van der Waals surface area contributed by atoms with Crippen molar-refractivity contribution in [2.75, 3.05) is 6.54 Å². The lowest BCUT2D eigenvalue weighted by Crippen LogP contribution is -2.24. The Hall–Kier alpha value is -1.05. The third kappa shape index (κ3) is 3.21. The van der Waals surface area contributed by atoms with Gasteiger partial charge in [0.25, 0.3) is 0 Å². The van der Waals surface area contributed by atoms with Crippen molar-refractivity contribution < 1.29 is 4.79 Å². The molecule has 0 fully saturated rings. The highest BCUT2D eigenvalue weighted by Gasteiger charge is 2.23. The summed E-state index contributed by atoms with van der Waals surface area (Å²) >= 11 is 0. The highest BCUT2D eigenvalue weighted by molar-refractivity contribution is 5.90. The lowest BCUT2D eigenvalue weighted by atomic mass is 9.82. The average Bonchev–Trinajstić information content (AvgIpc) is 2.36. The Morgan fingerprint density at radius 3 is 2.00 bits per heavy atom. The fraction of sp³-hybridized carbons (Fsp3) is 0.667. The molecule has 0 radical (unpaired) electrons. The van der Waals surface area contributed by atoms with E-state index in [1.165, 1.54) is 16.7 Å². The Morgan fingerprint density at radius 2 is 1.59 bits per heavy atom. The normalized spacial score (nSPS) is 17.7. The molecule has 0 saturated carbocycles. The molecule has 0 bridgehead atoms. The van der Waals surface area contributed by atoms with Crippen molar-refractivity contribution in [2.45, 2.75) is 41.5 Å². The van der Waals surface area contributed by atoms with Crippen molar-refractivity contribution in [3.8, 4) is 0 Å². The van der Waals surface area contributed by atoms with E-state index >= 15 is 0 Å². The van der Waals surface area contributed by atoms with E-state index in [0.29, 0.717) is 24.3 Å². The van der Waals surface area contributed by atoms with Gasteiger partial charge in [-0.1, -0.05) is 41.5 Å². The van der Waals surface area contributed by atoms with Gasteiger partial charge < -0.3 is 5.32 Å². The van der Waals surface area contributed by atoms with E-state index in [9.17, 15) is 4.79 Å². The topological polar surface area (TPSA) is 29.1 Å². The second kappa shape index (κ2) is 5.52. The zero-order valence-electron chi connectivity index (χ0n) is 11.9. The summed E-state index contributed by atoms with van der Waals surface area (Å²) in [4.78, 5) is 11.7. The highest BCUT2D eigenvalue weighted by atomic mass is 16.1. The number of carbonyl (C=O) groups excluding carboxylic acids is 1. The maximum Gasteiger partial charge on any atom is 0.244 e. The Balaban J connectivity index is 3.35. The summed E-state index contributed by atoms with van der Waals surface area (Å²) < 4.78 is 0. The molecular formula is C15H25NO. The zero-order chi connectivity index (χ0) is 13.2. The van der Waals surface area contributed by atoms with Crippen LogP contribution in [0, 0.1) is 17.8 Å². The molecule has 0 saturated heterocycles. The molecule has 96 valence electrons. The van der Waals surface area contributed by atoms with Crippen LogP contribution in [0.5, 0.6) is 0 Å². The predicted octanol–water partition coefficient (Wildman–Crippen LogP) is 3.31. The molecule has 2 nitrogen and oxygen atoms in total. The summed E-state index contributed by atoms with van der Waals surface area (Å²) in [6.07, 6.45) is 1.79. The summed E-state index contributed by atoms with van der Waals surface area (Å²) in [5.41, 5.74) is 3.97. The van der Waals surface area contributed by atoms with Gasteiger partial charge in [0, 0.05) is 12.6 Å². The minimum absolute atomic E-state index is 0.0440. The monoisotopic (exact) mass is 235 g/mol. The lowest BCUT2D eigenvalue weighted by Gasteiger charge is -2.23. The minimum Gasteiger partial charge on any atom is -0.349 e. The van der Waals surface area contributed by atoms with E-state index in [1.54, 1.807) is 6.08 Å². The number of allylic oxidation sites excluding steroid dienone is 2. The molecule has 0 aromatic carbocycles. The largest absolute Gasteiger partial charge is 0.349 e. The molecular weight excluding hydrogens is 210 g/mol. The van der Waals surface area contributed by atoms with E-state index < -0.39 is 0 Å². The molecule has 0 spiro atoms. The number of nitrogens with one attached hydrogen (secondary N) is 1. The van der Waals surface area contributed by atoms with Crippen LogP contribution >= 0.6 is 0 Å². The second-order valence-electron chi connectivity index (χ2n) is 5.72. The van der Waals surface area contributed by atoms with Gasteiger partial charge in [-0.25, -0.2) is 0 Å². The van der Waals surface area contributed by atoms with Crippen molar-refractivity contribution in [3.63, 3.8) is 0 Å². The van der Waals surface area contributed by atoms with E-state index in [4.69, 9.17) is 0 Å². The van der Waals surface area contributed by atoms with Gasteiger partial charge in [-0.3, -0.25) is 4.79 Å². The summed E-state index contributed by atoms with van der Waals surface area (Å²) in [6.45, 7) is 13.8. The van der Waals surface area contributed by atoms with Crippen LogP contribution in [0.3, 0.4) is 0 Å². The molecule has 1 amide bonds. The van der Waals surface area contributed by atoms with E-state index in [-0.39, 0.29) is 5.91 Å². The minimum atomic E-state index is 0.0440. The standard InChI is InChI=1S/C15H25NO/c1-9(2)12-7-14(17)16-8-13(10(3)4)15(12)11(5)6/h7,9-11H,8H2,1-6H3,(H,16,17). The molecule has 1 rings (SSSR count). The van der Waals surface area contributed by atoms with Crippen molar-refractivity contribution in [1.29, 1.82) is 0 Å². The van der Waals surface area contributed by atoms with E-state index in [2.05, 4.69) is 46.9 Å². The molecule has 0 aromatic heterocycles. The van der Waals surface area contributed by atoms with Gasteiger partial charge in [0.1, 0.15) is 0 Å². The average molecular weight is 235 g/mol. The number of hydrogen-bond donors (Lipinski definition) is 1. The number of carbonyl (C=O) groups is 1. The predicted molar refractivity (Wildman–Crippen MR) is 72.6 cm³/mol. The van der Waals surface area contributed by atoms with Crippen LogP contribution in [-0.2, 0) is 4.79 Å². The van der Waals surface area contributed by atoms with Gasteiger partial charge in [-0.2, -0.15) is 0 Å². The summed E-state index contributed by atoms with van der Waals surface area (Å²) in [5, 5.41) is 2.97. The lowest BCUT2D eigenvalue weighted by molar-refractivity contribution is -0.116. The molecule has 0 atom stereocenters. The Labute approximate surface area is 105 Å². The Bertz CT molecular complexity index is 359. The Kier molecular flexibility index (Phi) is 4.55.